The van der Waals surface area contributed by atoms with Crippen molar-refractivity contribution in [3.63, 3.8) is 0 Å². The summed E-state index contributed by atoms with van der Waals surface area (Å²) in [5, 5.41) is 6.06. The summed E-state index contributed by atoms with van der Waals surface area (Å²) in [6.45, 7) is 2.80. The summed E-state index contributed by atoms with van der Waals surface area (Å²) in [6.07, 6.45) is 5.27. The molecule has 19 heavy (non-hydrogen) atoms. The molecule has 1 saturated carbocycles. The SMILES string of the molecule is COCCNCC1CC1c1cncc2ccccc12. The van der Waals surface area contributed by atoms with Gasteiger partial charge in [-0.2, -0.15) is 0 Å². The van der Waals surface area contributed by atoms with Gasteiger partial charge < -0.3 is 10.1 Å². The number of hydrogen-bond donors (Lipinski definition) is 1. The third-order valence-electron chi connectivity index (χ3n) is 3.91. The third kappa shape index (κ3) is 2.77. The molecule has 1 aromatic carbocycles. The Morgan fingerprint density at radius 2 is 2.21 bits per heavy atom. The molecule has 0 radical (unpaired) electrons. The fraction of sp³-hybridized carbons (Fsp3) is 0.438. The van der Waals surface area contributed by atoms with Crippen LogP contribution in [-0.2, 0) is 4.74 Å². The highest BCUT2D eigenvalue weighted by Crippen LogP contribution is 2.48. The lowest BCUT2D eigenvalue weighted by molar-refractivity contribution is 0.199. The first-order valence-electron chi connectivity index (χ1n) is 6.92. The molecule has 100 valence electrons. The lowest BCUT2D eigenvalue weighted by atomic mass is 10.0. The van der Waals surface area contributed by atoms with Gasteiger partial charge in [-0.05, 0) is 35.8 Å². The second kappa shape index (κ2) is 5.68. The van der Waals surface area contributed by atoms with Crippen LogP contribution in [0.5, 0.6) is 0 Å². The van der Waals surface area contributed by atoms with Crippen molar-refractivity contribution in [2.75, 3.05) is 26.8 Å². The Hall–Kier alpha value is -1.45. The van der Waals surface area contributed by atoms with E-state index in [0.29, 0.717) is 5.92 Å². The van der Waals surface area contributed by atoms with E-state index in [-0.39, 0.29) is 0 Å². The van der Waals surface area contributed by atoms with Crippen LogP contribution in [-0.4, -0.2) is 31.8 Å². The van der Waals surface area contributed by atoms with Gasteiger partial charge in [-0.15, -0.1) is 0 Å². The average Bonchev–Trinajstić information content (AvgIpc) is 3.22. The molecule has 1 heterocycles. The molecule has 0 spiro atoms. The minimum Gasteiger partial charge on any atom is -0.383 e. The van der Waals surface area contributed by atoms with Gasteiger partial charge >= 0.3 is 0 Å². The van der Waals surface area contributed by atoms with Crippen molar-refractivity contribution >= 4 is 10.8 Å². The summed E-state index contributed by atoms with van der Waals surface area (Å²) in [4.78, 5) is 4.38. The molecule has 0 saturated heterocycles. The minimum absolute atomic E-state index is 0.675. The lowest BCUT2D eigenvalue weighted by Crippen LogP contribution is -2.21. The summed E-state index contributed by atoms with van der Waals surface area (Å²) in [5.41, 5.74) is 1.41. The Kier molecular flexibility index (Phi) is 3.76. The molecule has 1 N–H and O–H groups in total. The maximum Gasteiger partial charge on any atom is 0.0587 e. The first-order valence-corrected chi connectivity index (χ1v) is 6.92. The zero-order valence-electron chi connectivity index (χ0n) is 11.3. The van der Waals surface area contributed by atoms with Crippen LogP contribution < -0.4 is 5.32 Å². The van der Waals surface area contributed by atoms with E-state index in [9.17, 15) is 0 Å². The maximum absolute atomic E-state index is 5.04. The van der Waals surface area contributed by atoms with Crippen molar-refractivity contribution < 1.29 is 4.74 Å². The number of nitrogens with one attached hydrogen (secondary N) is 1. The van der Waals surface area contributed by atoms with E-state index in [4.69, 9.17) is 4.74 Å². The van der Waals surface area contributed by atoms with E-state index in [2.05, 4.69) is 34.6 Å². The van der Waals surface area contributed by atoms with Gasteiger partial charge in [0.05, 0.1) is 6.61 Å². The number of methoxy groups -OCH3 is 1. The van der Waals surface area contributed by atoms with Crippen LogP contribution in [0.1, 0.15) is 17.9 Å². The highest BCUT2D eigenvalue weighted by Gasteiger charge is 2.38. The van der Waals surface area contributed by atoms with Crippen molar-refractivity contribution in [1.82, 2.24) is 10.3 Å². The lowest BCUT2D eigenvalue weighted by Gasteiger charge is -2.06. The van der Waals surface area contributed by atoms with Gasteiger partial charge in [-0.1, -0.05) is 24.3 Å². The predicted molar refractivity (Wildman–Crippen MR) is 77.3 cm³/mol. The summed E-state index contributed by atoms with van der Waals surface area (Å²) in [5.74, 6) is 1.43. The molecule has 3 nitrogen and oxygen atoms in total. The van der Waals surface area contributed by atoms with Crippen LogP contribution >= 0.6 is 0 Å². The molecule has 1 aliphatic rings. The van der Waals surface area contributed by atoms with Crippen LogP contribution in [0, 0.1) is 5.92 Å². The van der Waals surface area contributed by atoms with Crippen molar-refractivity contribution in [2.24, 2.45) is 5.92 Å². The number of rotatable bonds is 6. The molecule has 2 unspecified atom stereocenters. The zero-order valence-corrected chi connectivity index (χ0v) is 11.3. The number of aromatic nitrogens is 1. The fourth-order valence-electron chi connectivity index (χ4n) is 2.75. The maximum atomic E-state index is 5.04. The van der Waals surface area contributed by atoms with Crippen LogP contribution in [0.15, 0.2) is 36.7 Å². The normalized spacial score (nSPS) is 21.7. The predicted octanol–water partition coefficient (Wildman–Crippen LogP) is 2.57. The highest BCUT2D eigenvalue weighted by atomic mass is 16.5. The van der Waals surface area contributed by atoms with Crippen molar-refractivity contribution in [3.8, 4) is 0 Å². The van der Waals surface area contributed by atoms with Crippen LogP contribution in [0.25, 0.3) is 10.8 Å². The van der Waals surface area contributed by atoms with Gasteiger partial charge in [-0.3, -0.25) is 4.98 Å². The minimum atomic E-state index is 0.675. The third-order valence-corrected chi connectivity index (χ3v) is 3.91. The van der Waals surface area contributed by atoms with E-state index in [1.807, 2.05) is 12.4 Å². The quantitative estimate of drug-likeness (QED) is 0.807. The molecule has 1 aromatic heterocycles. The molecule has 0 amide bonds. The summed E-state index contributed by atoms with van der Waals surface area (Å²) in [7, 11) is 1.74. The molecule has 3 heteroatoms. The first kappa shape index (κ1) is 12.6. The Morgan fingerprint density at radius 1 is 1.32 bits per heavy atom. The molecule has 0 aliphatic heterocycles. The largest absolute Gasteiger partial charge is 0.383 e. The van der Waals surface area contributed by atoms with Gasteiger partial charge in [0.15, 0.2) is 0 Å². The summed E-state index contributed by atoms with van der Waals surface area (Å²) >= 11 is 0. The summed E-state index contributed by atoms with van der Waals surface area (Å²) < 4.78 is 5.04. The van der Waals surface area contributed by atoms with Gasteiger partial charge in [0.25, 0.3) is 0 Å². The van der Waals surface area contributed by atoms with Gasteiger partial charge in [-0.25, -0.2) is 0 Å². The van der Waals surface area contributed by atoms with Crippen molar-refractivity contribution in [2.45, 2.75) is 12.3 Å². The van der Waals surface area contributed by atoms with Crippen molar-refractivity contribution in [1.29, 1.82) is 0 Å². The van der Waals surface area contributed by atoms with E-state index < -0.39 is 0 Å². The Morgan fingerprint density at radius 3 is 3.11 bits per heavy atom. The van der Waals surface area contributed by atoms with E-state index >= 15 is 0 Å². The number of ether oxygens (including phenoxy) is 1. The average molecular weight is 256 g/mol. The second-order valence-corrected chi connectivity index (χ2v) is 5.25. The molecule has 2 atom stereocenters. The van der Waals surface area contributed by atoms with E-state index in [1.165, 1.54) is 22.8 Å². The topological polar surface area (TPSA) is 34.1 Å². The highest BCUT2D eigenvalue weighted by molar-refractivity contribution is 5.85. The monoisotopic (exact) mass is 256 g/mol. The van der Waals surface area contributed by atoms with Gasteiger partial charge in [0.2, 0.25) is 0 Å². The molecule has 3 rings (SSSR count). The zero-order chi connectivity index (χ0) is 13.1. The number of hydrogen-bond acceptors (Lipinski definition) is 3. The molecule has 1 aliphatic carbocycles. The molecular weight excluding hydrogens is 236 g/mol. The first-order chi connectivity index (χ1) is 9.40. The molecule has 2 aromatic rings. The van der Waals surface area contributed by atoms with Gasteiger partial charge in [0.1, 0.15) is 0 Å². The standard InChI is InChI=1S/C16H20N2O/c1-19-7-6-17-10-13-8-15(13)16-11-18-9-12-4-2-3-5-14(12)16/h2-5,9,11,13,15,17H,6-8,10H2,1H3. The van der Waals surface area contributed by atoms with Crippen LogP contribution in [0.2, 0.25) is 0 Å². The number of benzene rings is 1. The second-order valence-electron chi connectivity index (χ2n) is 5.25. The van der Waals surface area contributed by atoms with Crippen molar-refractivity contribution in [3.05, 3.63) is 42.2 Å². The number of fused-ring (bicyclic) bond motifs is 1. The van der Waals surface area contributed by atoms with Gasteiger partial charge in [0, 0.05) is 31.4 Å². The van der Waals surface area contributed by atoms with E-state index in [1.54, 1.807) is 7.11 Å². The fourth-order valence-corrected chi connectivity index (χ4v) is 2.75. The van der Waals surface area contributed by atoms with Crippen LogP contribution in [0.3, 0.4) is 0 Å². The Bertz CT molecular complexity index is 550. The molecule has 1 fully saturated rings. The van der Waals surface area contributed by atoms with E-state index in [0.717, 1.165) is 25.6 Å². The Balaban J connectivity index is 1.66. The number of pyridine rings is 1. The molecular formula is C16H20N2O. The smallest absolute Gasteiger partial charge is 0.0587 e. The summed E-state index contributed by atoms with van der Waals surface area (Å²) in [6, 6.07) is 8.53. The number of nitrogens with zero attached hydrogens (tertiary/aromatic N) is 1. The Labute approximate surface area is 114 Å². The molecule has 0 bridgehead atoms. The van der Waals surface area contributed by atoms with Crippen LogP contribution in [0.4, 0.5) is 0 Å².